The predicted molar refractivity (Wildman–Crippen MR) is 420 cm³/mol. The molecule has 0 unspecified atom stereocenters. The van der Waals surface area contributed by atoms with Crippen LogP contribution in [0, 0.1) is 0 Å². The molecule has 0 N–H and O–H groups in total. The van der Waals surface area contributed by atoms with Crippen LogP contribution in [0.15, 0.2) is 322 Å². The number of hydrogen-bond donors (Lipinski definition) is 0. The molecule has 2 aliphatic rings. The minimum absolute atomic E-state index is 0.0333. The molecular weight excluding hydrogens is 1250 g/mol. The maximum absolute atomic E-state index is 2.75. The second-order valence-corrected chi connectivity index (χ2v) is 30.7. The van der Waals surface area contributed by atoms with Gasteiger partial charge in [0.2, 0.25) is 0 Å². The van der Waals surface area contributed by atoms with Crippen molar-refractivity contribution in [1.29, 1.82) is 0 Å². The van der Waals surface area contributed by atoms with Gasteiger partial charge in [0.25, 0.3) is 0 Å². The first-order chi connectivity index (χ1) is 47.9. The Balaban J connectivity index is 1.01. The van der Waals surface area contributed by atoms with Crippen LogP contribution in [0.5, 0.6) is 0 Å². The van der Waals surface area contributed by atoms with E-state index in [0.717, 1.165) is 78.7 Å². The predicted octanol–water partition coefficient (Wildman–Crippen LogP) is 20.9. The Labute approximate surface area is 580 Å². The number of para-hydroxylation sites is 7. The van der Waals surface area contributed by atoms with E-state index in [1.54, 1.807) is 0 Å². The monoisotopic (exact) mass is 1320 g/mol. The number of hydrogen-bond acceptors (Lipinski definition) is 2. The van der Waals surface area contributed by atoms with Crippen molar-refractivity contribution in [2.24, 2.45) is 0 Å². The number of fused-ring (bicyclic) bond motifs is 10. The molecule has 0 amide bonds. The van der Waals surface area contributed by atoms with E-state index in [1.165, 1.54) is 91.4 Å². The van der Waals surface area contributed by atoms with Gasteiger partial charge in [0.05, 0.1) is 0 Å². The molecule has 0 atom stereocenters. The Bertz CT molecular complexity index is 5550. The zero-order valence-corrected chi connectivity index (χ0v) is 57.6. The number of nitrogens with zero attached hydrogens (tertiary/aromatic N) is 4. The molecule has 0 fully saturated rings. The summed E-state index contributed by atoms with van der Waals surface area (Å²) in [5.41, 5.74) is 29.5. The van der Waals surface area contributed by atoms with E-state index in [9.17, 15) is 0 Å². The van der Waals surface area contributed by atoms with Crippen LogP contribution in [-0.4, -0.2) is 30.8 Å². The fourth-order valence-electron chi connectivity index (χ4n) is 15.8. The Hall–Kier alpha value is -11.1. The molecule has 0 spiro atoms. The number of aromatic nitrogens is 2. The van der Waals surface area contributed by atoms with Gasteiger partial charge < -0.3 is 0 Å². The molecule has 18 rings (SSSR count). The average Bonchev–Trinajstić information content (AvgIpc) is 0.732. The van der Waals surface area contributed by atoms with Gasteiger partial charge in [-0.05, 0) is 0 Å². The molecule has 2 aromatic heterocycles. The Kier molecular flexibility index (Phi) is 14.1. The Morgan fingerprint density at radius 2 is 0.745 bits per heavy atom. The van der Waals surface area contributed by atoms with Crippen LogP contribution < -0.4 is 35.1 Å². The van der Waals surface area contributed by atoms with Crippen LogP contribution in [0.3, 0.4) is 0 Å². The van der Waals surface area contributed by atoms with Gasteiger partial charge in [0.15, 0.2) is 0 Å². The fourth-order valence-corrected chi connectivity index (χ4v) is 18.4. The Morgan fingerprint density at radius 1 is 0.316 bits per heavy atom. The van der Waals surface area contributed by atoms with Gasteiger partial charge in [0, 0.05) is 0 Å². The van der Waals surface area contributed by atoms with Gasteiger partial charge in [-0.25, -0.2) is 0 Å². The summed E-state index contributed by atoms with van der Waals surface area (Å²) in [5, 5.41) is 4.83. The van der Waals surface area contributed by atoms with Gasteiger partial charge in [-0.15, -0.1) is 0 Å². The molecule has 98 heavy (non-hydrogen) atoms. The second kappa shape index (κ2) is 23.3. The van der Waals surface area contributed by atoms with Gasteiger partial charge in [-0.2, -0.15) is 0 Å². The van der Waals surface area contributed by atoms with E-state index in [1.807, 2.05) is 0 Å². The first kappa shape index (κ1) is 59.4. The molecule has 2 aliphatic heterocycles. The van der Waals surface area contributed by atoms with Gasteiger partial charge in [-0.1, -0.05) is 12.1 Å². The van der Waals surface area contributed by atoms with Gasteiger partial charge in [0.1, 0.15) is 0 Å². The van der Waals surface area contributed by atoms with Gasteiger partial charge in [-0.3, -0.25) is 0 Å². The second-order valence-electron chi connectivity index (χ2n) is 28.4. The molecule has 0 bridgehead atoms. The summed E-state index contributed by atoms with van der Waals surface area (Å²) in [6.07, 6.45) is 0. The van der Waals surface area contributed by atoms with E-state index in [0.29, 0.717) is 0 Å². The van der Waals surface area contributed by atoms with Crippen LogP contribution in [0.25, 0.3) is 99.5 Å². The van der Waals surface area contributed by atoms with Crippen molar-refractivity contribution < 1.29 is 0 Å². The average molecular weight is 1320 g/mol. The molecule has 14 aromatic carbocycles. The SMILES string of the molecule is CC(C)(C)c1ccc(N(c2ccc(C(C)(C)C)cc2)c2cc3c4c(c2)N(c2c(-c5cccc6c7ccccc7n(-c7ccccc7)c56)cccc2-c2cccc5c6ccccc6n(-c6ccccc6)c25)c2cc(-c5ccccc5)ccc2B4c2ccc(-c4ccccc4)cc2[Se]3)cc1. The Morgan fingerprint density at radius 3 is 1.24 bits per heavy atom. The zero-order valence-electron chi connectivity index (χ0n) is 55.9. The summed E-state index contributed by atoms with van der Waals surface area (Å²) in [6, 6.07) is 122. The van der Waals surface area contributed by atoms with E-state index in [-0.39, 0.29) is 32.5 Å². The minimum atomic E-state index is -0.130. The van der Waals surface area contributed by atoms with E-state index >= 15 is 0 Å². The van der Waals surface area contributed by atoms with Crippen LogP contribution in [0.2, 0.25) is 0 Å². The van der Waals surface area contributed by atoms with Crippen molar-refractivity contribution in [3.8, 4) is 55.9 Å². The molecule has 0 saturated heterocycles. The van der Waals surface area contributed by atoms with Crippen LogP contribution in [0.4, 0.5) is 34.1 Å². The van der Waals surface area contributed by atoms with Crippen molar-refractivity contribution in [1.82, 2.24) is 9.13 Å². The molecule has 16 aromatic rings. The molecule has 6 heteroatoms. The van der Waals surface area contributed by atoms with E-state index in [2.05, 4.69) is 382 Å². The summed E-state index contributed by atoms with van der Waals surface area (Å²) >= 11 is -0.130. The summed E-state index contributed by atoms with van der Waals surface area (Å²) in [7, 11) is 0. The third-order valence-electron chi connectivity index (χ3n) is 20.5. The van der Waals surface area contributed by atoms with Crippen molar-refractivity contribution in [3.05, 3.63) is 333 Å². The number of benzene rings is 14. The summed E-state index contributed by atoms with van der Waals surface area (Å²) in [5.74, 6) is 0. The third-order valence-corrected chi connectivity index (χ3v) is 22.8. The molecule has 4 heterocycles. The van der Waals surface area contributed by atoms with Crippen LogP contribution in [-0.2, 0) is 10.8 Å². The van der Waals surface area contributed by atoms with Crippen molar-refractivity contribution >= 4 is 125 Å². The van der Waals surface area contributed by atoms with Crippen molar-refractivity contribution in [2.75, 3.05) is 9.80 Å². The van der Waals surface area contributed by atoms with E-state index in [4.69, 9.17) is 0 Å². The zero-order chi connectivity index (χ0) is 66.0. The molecule has 0 aliphatic carbocycles. The topological polar surface area (TPSA) is 16.3 Å². The molecule has 0 radical (unpaired) electrons. The first-order valence-electron chi connectivity index (χ1n) is 34.3. The summed E-state index contributed by atoms with van der Waals surface area (Å²) in [6.45, 7) is 13.8. The normalized spacial score (nSPS) is 12.7. The third kappa shape index (κ3) is 9.79. The standard InChI is InChI=1S/C92H71BN4Se/c1-91(2,3)64-46-50-68(51-47-64)94(69-52-48-65(49-53-69)92(4,5)6)70-58-84-87-86(59-70)98-85-57-63(61-28-13-8-14-29-61)45-55-80(85)93(87)79-54-44-62(60-26-11-7-12-27-60)56-83(79)97(84)90-77(75-38-23-36-73-71-34-19-21-42-81(71)95(88(73)75)66-30-15-9-16-31-66)40-25-41-78(90)76-39-24-37-74-72-35-20-22-43-82(72)96(89(74)76)67-32-17-10-18-33-67/h7-59H,1-6H3. The summed E-state index contributed by atoms with van der Waals surface area (Å²) < 4.78 is 7.80. The number of anilines is 6. The van der Waals surface area contributed by atoms with E-state index < -0.39 is 0 Å². The molecule has 4 nitrogen and oxygen atoms in total. The first-order valence-corrected chi connectivity index (χ1v) is 36.0. The van der Waals surface area contributed by atoms with Crippen molar-refractivity contribution in [2.45, 2.75) is 52.4 Å². The fraction of sp³-hybridized carbons (Fsp3) is 0.0870. The van der Waals surface area contributed by atoms with Crippen LogP contribution in [0.1, 0.15) is 52.7 Å². The molecule has 0 saturated carbocycles. The summed E-state index contributed by atoms with van der Waals surface area (Å²) in [4.78, 5) is 5.28. The molecular formula is C92H71BN4Se. The quantitative estimate of drug-likeness (QED) is 0.127. The van der Waals surface area contributed by atoms with Crippen LogP contribution >= 0.6 is 0 Å². The molecule has 468 valence electrons. The maximum atomic E-state index is 2.75. The number of rotatable bonds is 10. The van der Waals surface area contributed by atoms with Crippen molar-refractivity contribution in [3.63, 3.8) is 0 Å². The van der Waals surface area contributed by atoms with Gasteiger partial charge >= 0.3 is 572 Å².